The van der Waals surface area contributed by atoms with E-state index in [9.17, 15) is 0 Å². The molecule has 96 valence electrons. The minimum absolute atomic E-state index is 0.580. The smallest absolute Gasteiger partial charge is 0.158 e. The van der Waals surface area contributed by atoms with Crippen molar-refractivity contribution in [1.29, 1.82) is 0 Å². The van der Waals surface area contributed by atoms with E-state index in [1.807, 2.05) is 19.2 Å². The number of rotatable bonds is 6. The molecule has 6 heteroatoms. The molecule has 0 aromatic carbocycles. The van der Waals surface area contributed by atoms with E-state index in [1.54, 1.807) is 4.68 Å². The third kappa shape index (κ3) is 2.95. The molecule has 2 heterocycles. The predicted molar refractivity (Wildman–Crippen MR) is 64.8 cm³/mol. The topological polar surface area (TPSA) is 68.8 Å². The second-order valence-electron chi connectivity index (χ2n) is 4.92. The summed E-state index contributed by atoms with van der Waals surface area (Å²) in [4.78, 5) is 0. The molecule has 1 saturated carbocycles. The first-order valence-electron chi connectivity index (χ1n) is 6.31. The van der Waals surface area contributed by atoms with E-state index >= 15 is 0 Å². The Kier molecular flexibility index (Phi) is 3.10. The SMILES string of the molecule is Cc1cc(Cn2cc(CNCC3CC3)nn2)on1. The highest BCUT2D eigenvalue weighted by Crippen LogP contribution is 2.27. The van der Waals surface area contributed by atoms with Gasteiger partial charge in [-0.3, -0.25) is 0 Å². The maximum Gasteiger partial charge on any atom is 0.158 e. The highest BCUT2D eigenvalue weighted by Gasteiger charge is 2.20. The van der Waals surface area contributed by atoms with E-state index in [-0.39, 0.29) is 0 Å². The van der Waals surface area contributed by atoms with Crippen LogP contribution in [0, 0.1) is 12.8 Å². The molecule has 1 N–H and O–H groups in total. The molecule has 0 bridgehead atoms. The molecule has 1 aliphatic rings. The van der Waals surface area contributed by atoms with Gasteiger partial charge in [0.25, 0.3) is 0 Å². The van der Waals surface area contributed by atoms with Crippen molar-refractivity contribution >= 4 is 0 Å². The number of hydrogen-bond acceptors (Lipinski definition) is 5. The fourth-order valence-corrected chi connectivity index (χ4v) is 1.87. The van der Waals surface area contributed by atoms with Gasteiger partial charge >= 0.3 is 0 Å². The average molecular weight is 247 g/mol. The summed E-state index contributed by atoms with van der Waals surface area (Å²) in [7, 11) is 0. The Balaban J connectivity index is 1.52. The largest absolute Gasteiger partial charge is 0.359 e. The average Bonchev–Trinajstić information content (AvgIpc) is 2.92. The van der Waals surface area contributed by atoms with Crippen LogP contribution in [0.4, 0.5) is 0 Å². The van der Waals surface area contributed by atoms with Gasteiger partial charge in [0.15, 0.2) is 5.76 Å². The Hall–Kier alpha value is -1.69. The quantitative estimate of drug-likeness (QED) is 0.828. The molecule has 1 fully saturated rings. The van der Waals surface area contributed by atoms with E-state index in [1.165, 1.54) is 12.8 Å². The molecule has 0 unspecified atom stereocenters. The zero-order chi connectivity index (χ0) is 12.4. The minimum atomic E-state index is 0.580. The van der Waals surface area contributed by atoms with Gasteiger partial charge in [-0.1, -0.05) is 10.4 Å². The van der Waals surface area contributed by atoms with Crippen LogP contribution < -0.4 is 5.32 Å². The molecule has 18 heavy (non-hydrogen) atoms. The van der Waals surface area contributed by atoms with Gasteiger partial charge in [-0.2, -0.15) is 0 Å². The molecule has 0 saturated heterocycles. The molecule has 0 atom stereocenters. The molecule has 0 aliphatic heterocycles. The van der Waals surface area contributed by atoms with Crippen LogP contribution in [-0.2, 0) is 13.1 Å². The van der Waals surface area contributed by atoms with Crippen LogP contribution in [0.2, 0.25) is 0 Å². The summed E-state index contributed by atoms with van der Waals surface area (Å²) in [5.41, 5.74) is 1.85. The van der Waals surface area contributed by atoms with Gasteiger partial charge in [0.2, 0.25) is 0 Å². The van der Waals surface area contributed by atoms with Crippen LogP contribution in [-0.4, -0.2) is 26.7 Å². The lowest BCUT2D eigenvalue weighted by molar-refractivity contribution is 0.367. The first-order chi connectivity index (χ1) is 8.79. The lowest BCUT2D eigenvalue weighted by atomic mass is 10.4. The third-order valence-electron chi connectivity index (χ3n) is 3.02. The first kappa shape index (κ1) is 11.4. The molecule has 2 aromatic heterocycles. The second kappa shape index (κ2) is 4.89. The Morgan fingerprint density at radius 3 is 3.11 bits per heavy atom. The van der Waals surface area contributed by atoms with Gasteiger partial charge in [0, 0.05) is 12.6 Å². The monoisotopic (exact) mass is 247 g/mol. The van der Waals surface area contributed by atoms with Crippen LogP contribution in [0.15, 0.2) is 16.8 Å². The molecule has 0 amide bonds. The second-order valence-corrected chi connectivity index (χ2v) is 4.92. The highest BCUT2D eigenvalue weighted by atomic mass is 16.5. The van der Waals surface area contributed by atoms with Crippen molar-refractivity contribution in [1.82, 2.24) is 25.5 Å². The van der Waals surface area contributed by atoms with Crippen LogP contribution in [0.5, 0.6) is 0 Å². The maximum absolute atomic E-state index is 5.14. The van der Waals surface area contributed by atoms with Crippen LogP contribution in [0.1, 0.15) is 30.0 Å². The van der Waals surface area contributed by atoms with Crippen molar-refractivity contribution in [2.75, 3.05) is 6.54 Å². The Bertz CT molecular complexity index is 514. The third-order valence-corrected chi connectivity index (χ3v) is 3.02. The minimum Gasteiger partial charge on any atom is -0.359 e. The van der Waals surface area contributed by atoms with Crippen molar-refractivity contribution in [2.45, 2.75) is 32.9 Å². The first-order valence-corrected chi connectivity index (χ1v) is 6.31. The molecule has 1 aliphatic carbocycles. The van der Waals surface area contributed by atoms with E-state index in [2.05, 4.69) is 20.8 Å². The predicted octanol–water partition coefficient (Wildman–Crippen LogP) is 1.12. The number of nitrogens with one attached hydrogen (secondary N) is 1. The van der Waals surface area contributed by atoms with Crippen LogP contribution >= 0.6 is 0 Å². The van der Waals surface area contributed by atoms with Crippen LogP contribution in [0.3, 0.4) is 0 Å². The molecular weight excluding hydrogens is 230 g/mol. The molecule has 3 rings (SSSR count). The van der Waals surface area contributed by atoms with Crippen molar-refractivity contribution in [2.24, 2.45) is 5.92 Å². The van der Waals surface area contributed by atoms with Gasteiger partial charge in [0.1, 0.15) is 6.54 Å². The summed E-state index contributed by atoms with van der Waals surface area (Å²) in [5, 5.41) is 15.4. The standard InChI is InChI=1S/C12H17N5O/c1-9-4-12(18-15-9)8-17-7-11(14-16-17)6-13-5-10-2-3-10/h4,7,10,13H,2-3,5-6,8H2,1H3. The molecular formula is C12H17N5O. The van der Waals surface area contributed by atoms with Gasteiger partial charge in [-0.15, -0.1) is 5.10 Å². The maximum atomic E-state index is 5.14. The van der Waals surface area contributed by atoms with Crippen LogP contribution in [0.25, 0.3) is 0 Å². The van der Waals surface area contributed by atoms with Crippen molar-refractivity contribution in [3.8, 4) is 0 Å². The number of aryl methyl sites for hydroxylation is 1. The normalized spacial score (nSPS) is 15.2. The fraction of sp³-hybridized carbons (Fsp3) is 0.583. The number of hydrogen-bond donors (Lipinski definition) is 1. The zero-order valence-electron chi connectivity index (χ0n) is 10.5. The number of nitrogens with zero attached hydrogens (tertiary/aromatic N) is 4. The van der Waals surface area contributed by atoms with Gasteiger partial charge < -0.3 is 9.84 Å². The Labute approximate surface area is 105 Å². The highest BCUT2D eigenvalue weighted by molar-refractivity contribution is 5.04. The van der Waals surface area contributed by atoms with E-state index in [4.69, 9.17) is 4.52 Å². The molecule has 0 spiro atoms. The van der Waals surface area contributed by atoms with Crippen molar-refractivity contribution in [3.63, 3.8) is 0 Å². The Morgan fingerprint density at radius 1 is 1.50 bits per heavy atom. The summed E-state index contributed by atoms with van der Waals surface area (Å²) < 4.78 is 6.92. The molecule has 2 aromatic rings. The lowest BCUT2D eigenvalue weighted by Crippen LogP contribution is -2.16. The van der Waals surface area contributed by atoms with E-state index in [0.717, 1.165) is 36.2 Å². The van der Waals surface area contributed by atoms with Gasteiger partial charge in [0.05, 0.1) is 17.6 Å². The van der Waals surface area contributed by atoms with Crippen molar-refractivity contribution in [3.05, 3.63) is 29.4 Å². The fourth-order valence-electron chi connectivity index (χ4n) is 1.87. The molecule has 6 nitrogen and oxygen atoms in total. The van der Waals surface area contributed by atoms with Gasteiger partial charge in [-0.25, -0.2) is 4.68 Å². The summed E-state index contributed by atoms with van der Waals surface area (Å²) in [6.45, 7) is 4.36. The summed E-state index contributed by atoms with van der Waals surface area (Å²) in [6, 6.07) is 1.91. The summed E-state index contributed by atoms with van der Waals surface area (Å²) in [5.74, 6) is 1.69. The van der Waals surface area contributed by atoms with E-state index < -0.39 is 0 Å². The van der Waals surface area contributed by atoms with Crippen molar-refractivity contribution < 1.29 is 4.52 Å². The molecule has 0 radical (unpaired) electrons. The summed E-state index contributed by atoms with van der Waals surface area (Å²) >= 11 is 0. The summed E-state index contributed by atoms with van der Waals surface area (Å²) in [6.07, 6.45) is 4.67. The zero-order valence-corrected chi connectivity index (χ0v) is 10.5. The number of aromatic nitrogens is 4. The van der Waals surface area contributed by atoms with Gasteiger partial charge in [-0.05, 0) is 32.2 Å². The Morgan fingerprint density at radius 2 is 2.39 bits per heavy atom. The lowest BCUT2D eigenvalue weighted by Gasteiger charge is -1.98. The van der Waals surface area contributed by atoms with E-state index in [0.29, 0.717) is 6.54 Å².